The van der Waals surface area contributed by atoms with Gasteiger partial charge < -0.3 is 4.90 Å². The minimum Gasteiger partial charge on any atom is -0.302 e. The van der Waals surface area contributed by atoms with Gasteiger partial charge in [0.2, 0.25) is 10.0 Å². The molecule has 0 amide bonds. The maximum absolute atomic E-state index is 12.5. The van der Waals surface area contributed by atoms with E-state index in [1.165, 1.54) is 0 Å². The number of azide groups is 1. The van der Waals surface area contributed by atoms with Gasteiger partial charge in [0.25, 0.3) is 0 Å². The third kappa shape index (κ3) is 5.87. The third-order valence-corrected chi connectivity index (χ3v) is 5.80. The second-order valence-electron chi connectivity index (χ2n) is 6.12. The smallest absolute Gasteiger partial charge is 0.302 e. The highest BCUT2D eigenvalue weighted by Gasteiger charge is 2.30. The van der Waals surface area contributed by atoms with Gasteiger partial charge in [0.05, 0.1) is 10.5 Å². The van der Waals surface area contributed by atoms with Crippen molar-refractivity contribution in [1.29, 1.82) is 0 Å². The molecule has 0 aromatic heterocycles. The van der Waals surface area contributed by atoms with Crippen LogP contribution in [0.15, 0.2) is 34.3 Å². The van der Waals surface area contributed by atoms with Crippen LogP contribution in [0.25, 0.3) is 10.4 Å². The topological polar surface area (TPSA) is 98.2 Å². The van der Waals surface area contributed by atoms with E-state index in [0.29, 0.717) is 19.0 Å². The predicted molar refractivity (Wildman–Crippen MR) is 89.8 cm³/mol. The van der Waals surface area contributed by atoms with Crippen molar-refractivity contribution in [2.24, 2.45) is 11.0 Å². The van der Waals surface area contributed by atoms with Crippen molar-refractivity contribution in [3.63, 3.8) is 0 Å². The van der Waals surface area contributed by atoms with Gasteiger partial charge in [-0.15, -0.1) is 0 Å². The molecule has 0 spiro atoms. The lowest BCUT2D eigenvalue weighted by atomic mass is 9.97. The van der Waals surface area contributed by atoms with Crippen molar-refractivity contribution in [3.8, 4) is 0 Å². The molecule has 0 radical (unpaired) electrons. The number of rotatable bonds is 7. The van der Waals surface area contributed by atoms with Gasteiger partial charge >= 0.3 is 6.18 Å². The summed E-state index contributed by atoms with van der Waals surface area (Å²) in [7, 11) is -3.85. The fraction of sp³-hybridized carbons (Fsp3) is 0.600. The average Bonchev–Trinajstić information content (AvgIpc) is 2.60. The lowest BCUT2D eigenvalue weighted by molar-refractivity contribution is -0.137. The summed E-state index contributed by atoms with van der Waals surface area (Å²) in [5, 5.41) is 3.57. The van der Waals surface area contributed by atoms with Gasteiger partial charge in [-0.1, -0.05) is 5.11 Å². The Balaban J connectivity index is 1.81. The summed E-state index contributed by atoms with van der Waals surface area (Å²) >= 11 is 0. The van der Waals surface area contributed by atoms with Gasteiger partial charge in [-0.05, 0) is 61.6 Å². The molecule has 1 aliphatic rings. The maximum atomic E-state index is 12.5. The van der Waals surface area contributed by atoms with Crippen LogP contribution in [0.4, 0.5) is 13.2 Å². The molecule has 144 valence electrons. The van der Waals surface area contributed by atoms with Crippen LogP contribution < -0.4 is 4.72 Å². The van der Waals surface area contributed by atoms with Gasteiger partial charge in [0.1, 0.15) is 0 Å². The molecular formula is C15H20F3N5O2S. The van der Waals surface area contributed by atoms with Crippen LogP contribution in [0.3, 0.4) is 0 Å². The molecule has 1 aromatic rings. The summed E-state index contributed by atoms with van der Waals surface area (Å²) in [4.78, 5) is 4.65. The van der Waals surface area contributed by atoms with Crippen LogP contribution in [0, 0.1) is 5.92 Å². The molecule has 0 bridgehead atoms. The number of nitrogens with one attached hydrogen (secondary N) is 1. The molecular weight excluding hydrogens is 371 g/mol. The number of hydrogen-bond donors (Lipinski definition) is 1. The van der Waals surface area contributed by atoms with E-state index < -0.39 is 21.8 Å². The van der Waals surface area contributed by atoms with Crippen LogP contribution in [-0.2, 0) is 16.2 Å². The normalized spacial score (nSPS) is 17.0. The number of benzene rings is 1. The molecule has 0 unspecified atom stereocenters. The van der Waals surface area contributed by atoms with E-state index in [9.17, 15) is 21.6 Å². The van der Waals surface area contributed by atoms with Gasteiger partial charge in [-0.3, -0.25) is 0 Å². The summed E-state index contributed by atoms with van der Waals surface area (Å²) in [5.74, 6) is 0.353. The van der Waals surface area contributed by atoms with E-state index in [4.69, 9.17) is 5.53 Å². The zero-order valence-electron chi connectivity index (χ0n) is 14.0. The highest BCUT2D eigenvalue weighted by atomic mass is 32.2. The van der Waals surface area contributed by atoms with E-state index >= 15 is 0 Å². The maximum Gasteiger partial charge on any atom is 0.416 e. The molecule has 1 aliphatic heterocycles. The van der Waals surface area contributed by atoms with Crippen molar-refractivity contribution in [2.45, 2.75) is 23.9 Å². The average molecular weight is 391 g/mol. The molecule has 1 fully saturated rings. The Morgan fingerprint density at radius 2 is 1.85 bits per heavy atom. The molecule has 2 rings (SSSR count). The third-order valence-electron chi connectivity index (χ3n) is 4.32. The number of halogens is 3. The molecule has 0 saturated carbocycles. The first-order valence-electron chi connectivity index (χ1n) is 8.12. The molecule has 26 heavy (non-hydrogen) atoms. The first-order chi connectivity index (χ1) is 12.2. The fourth-order valence-corrected chi connectivity index (χ4v) is 3.81. The van der Waals surface area contributed by atoms with E-state index in [-0.39, 0.29) is 11.4 Å². The van der Waals surface area contributed by atoms with Crippen LogP contribution in [-0.4, -0.2) is 46.0 Å². The Hall–Kier alpha value is -1.81. The minimum atomic E-state index is -4.50. The van der Waals surface area contributed by atoms with Gasteiger partial charge in [0.15, 0.2) is 0 Å². The van der Waals surface area contributed by atoms with Crippen molar-refractivity contribution in [3.05, 3.63) is 40.3 Å². The largest absolute Gasteiger partial charge is 0.416 e. The van der Waals surface area contributed by atoms with Crippen molar-refractivity contribution >= 4 is 10.0 Å². The van der Waals surface area contributed by atoms with Crippen molar-refractivity contribution in [2.75, 3.05) is 32.7 Å². The Labute approximate surface area is 149 Å². The summed E-state index contributed by atoms with van der Waals surface area (Å²) in [6.45, 7) is 2.73. The van der Waals surface area contributed by atoms with Crippen molar-refractivity contribution < 1.29 is 21.6 Å². The molecule has 1 heterocycles. The predicted octanol–water partition coefficient (Wildman–Crippen LogP) is 3.01. The molecule has 0 atom stereocenters. The van der Waals surface area contributed by atoms with Gasteiger partial charge in [-0.2, -0.15) is 13.2 Å². The highest BCUT2D eigenvalue weighted by Crippen LogP contribution is 2.29. The second-order valence-corrected chi connectivity index (χ2v) is 7.89. The zero-order chi connectivity index (χ0) is 19.2. The number of nitrogens with zero attached hydrogens (tertiary/aromatic N) is 4. The van der Waals surface area contributed by atoms with E-state index in [0.717, 1.165) is 50.2 Å². The van der Waals surface area contributed by atoms with Crippen LogP contribution in [0.1, 0.15) is 18.4 Å². The zero-order valence-corrected chi connectivity index (χ0v) is 14.8. The highest BCUT2D eigenvalue weighted by molar-refractivity contribution is 7.89. The second kappa shape index (κ2) is 8.72. The first kappa shape index (κ1) is 20.5. The monoisotopic (exact) mass is 391 g/mol. The lowest BCUT2D eigenvalue weighted by Gasteiger charge is -2.31. The standard InChI is InChI=1S/C15H20F3N5O2S/c16-15(17,18)13-1-3-14(4-2-13)26(24,25)21-7-10-23-8-5-12(6-9-23)11-20-22-19/h1-4,12,21H,5-11H2. The lowest BCUT2D eigenvalue weighted by Crippen LogP contribution is -2.40. The fourth-order valence-electron chi connectivity index (χ4n) is 2.79. The molecule has 1 saturated heterocycles. The van der Waals surface area contributed by atoms with E-state index in [1.807, 2.05) is 0 Å². The number of likely N-dealkylation sites (tertiary alicyclic amines) is 1. The molecule has 7 nitrogen and oxygen atoms in total. The van der Waals surface area contributed by atoms with Crippen LogP contribution in [0.5, 0.6) is 0 Å². The first-order valence-corrected chi connectivity index (χ1v) is 9.61. The van der Waals surface area contributed by atoms with E-state index in [2.05, 4.69) is 19.6 Å². The van der Waals surface area contributed by atoms with Crippen LogP contribution in [0.2, 0.25) is 0 Å². The van der Waals surface area contributed by atoms with Gasteiger partial charge in [0, 0.05) is 24.5 Å². The van der Waals surface area contributed by atoms with Crippen molar-refractivity contribution in [1.82, 2.24) is 9.62 Å². The molecule has 11 heteroatoms. The Morgan fingerprint density at radius 1 is 1.23 bits per heavy atom. The minimum absolute atomic E-state index is 0.171. The molecule has 1 aromatic carbocycles. The Kier molecular flexibility index (Phi) is 6.87. The molecule has 0 aliphatic carbocycles. The summed E-state index contributed by atoms with van der Waals surface area (Å²) in [5.41, 5.74) is 7.43. The van der Waals surface area contributed by atoms with Gasteiger partial charge in [-0.25, -0.2) is 13.1 Å². The van der Waals surface area contributed by atoms with Crippen LogP contribution >= 0.6 is 0 Å². The summed E-state index contributed by atoms with van der Waals surface area (Å²) in [6, 6.07) is 3.41. The quantitative estimate of drug-likeness (QED) is 0.439. The number of alkyl halides is 3. The Morgan fingerprint density at radius 3 is 2.38 bits per heavy atom. The Bertz CT molecular complexity index is 738. The number of sulfonamides is 1. The number of piperidine rings is 1. The number of hydrogen-bond acceptors (Lipinski definition) is 4. The molecule has 1 N–H and O–H groups in total. The summed E-state index contributed by atoms with van der Waals surface area (Å²) in [6.07, 6.45) is -2.74. The van der Waals surface area contributed by atoms with E-state index in [1.54, 1.807) is 0 Å². The summed E-state index contributed by atoms with van der Waals surface area (Å²) < 4.78 is 64.3. The SMILES string of the molecule is [N-]=[N+]=NCC1CCN(CCNS(=O)(=O)c2ccc(C(F)(F)F)cc2)CC1.